The molecule has 0 bridgehead atoms. The molecule has 1 aromatic rings. The van der Waals surface area contributed by atoms with Crippen LogP contribution in [0.4, 0.5) is 0 Å². The van der Waals surface area contributed by atoms with Crippen molar-refractivity contribution < 1.29 is 9.63 Å². The highest BCUT2D eigenvalue weighted by atomic mass is 35.5. The van der Waals surface area contributed by atoms with Crippen LogP contribution in [-0.2, 0) is 9.63 Å². The van der Waals surface area contributed by atoms with Crippen molar-refractivity contribution in [1.82, 2.24) is 4.90 Å². The summed E-state index contributed by atoms with van der Waals surface area (Å²) in [6, 6.07) is 5.43. The van der Waals surface area contributed by atoms with Gasteiger partial charge in [-0.1, -0.05) is 34.4 Å². The van der Waals surface area contributed by atoms with Crippen LogP contribution in [0.25, 0.3) is 0 Å². The van der Waals surface area contributed by atoms with E-state index >= 15 is 0 Å². The summed E-state index contributed by atoms with van der Waals surface area (Å²) in [4.78, 5) is 19.5. The normalized spacial score (nSPS) is 20.5. The lowest BCUT2D eigenvalue weighted by molar-refractivity contribution is -0.134. The number of carbonyl (C=O) groups is 1. The van der Waals surface area contributed by atoms with Crippen molar-refractivity contribution in [3.05, 3.63) is 33.8 Å². The molecule has 118 valence electrons. The lowest BCUT2D eigenvalue weighted by Crippen LogP contribution is -2.38. The molecular formula is C16H18Cl2N2O2. The van der Waals surface area contributed by atoms with E-state index in [1.165, 1.54) is 0 Å². The largest absolute Gasteiger partial charge is 0.390 e. The number of halogens is 2. The van der Waals surface area contributed by atoms with Crippen LogP contribution < -0.4 is 0 Å². The minimum Gasteiger partial charge on any atom is -0.390 e. The van der Waals surface area contributed by atoms with Crippen LogP contribution in [0.2, 0.25) is 10.0 Å². The quantitative estimate of drug-likeness (QED) is 0.819. The maximum absolute atomic E-state index is 12.2. The molecule has 0 N–H and O–H groups in total. The second kappa shape index (κ2) is 6.47. The third-order valence-electron chi connectivity index (χ3n) is 4.03. The molecule has 0 spiro atoms. The monoisotopic (exact) mass is 340 g/mol. The maximum Gasteiger partial charge on any atom is 0.225 e. The average Bonchev–Trinajstić information content (AvgIpc) is 3.26. The minimum absolute atomic E-state index is 0.0906. The predicted molar refractivity (Wildman–Crippen MR) is 87.5 cm³/mol. The van der Waals surface area contributed by atoms with Crippen molar-refractivity contribution in [3.8, 4) is 0 Å². The van der Waals surface area contributed by atoms with Gasteiger partial charge in [0.2, 0.25) is 5.91 Å². The van der Waals surface area contributed by atoms with Crippen molar-refractivity contribution in [1.29, 1.82) is 0 Å². The molecule has 0 aromatic heterocycles. The second-order valence-corrected chi connectivity index (χ2v) is 6.56. The van der Waals surface area contributed by atoms with Crippen LogP contribution in [0.5, 0.6) is 0 Å². The molecule has 1 atom stereocenters. The van der Waals surface area contributed by atoms with Crippen LogP contribution in [0.3, 0.4) is 0 Å². The zero-order valence-corrected chi connectivity index (χ0v) is 13.9. The van der Waals surface area contributed by atoms with Gasteiger partial charge in [0.05, 0.1) is 22.3 Å². The highest BCUT2D eigenvalue weighted by molar-refractivity contribution is 6.42. The first kappa shape index (κ1) is 15.6. The van der Waals surface area contributed by atoms with E-state index in [4.69, 9.17) is 28.0 Å². The van der Waals surface area contributed by atoms with E-state index in [-0.39, 0.29) is 17.9 Å². The summed E-state index contributed by atoms with van der Waals surface area (Å²) in [6.45, 7) is 3.29. The number of amides is 1. The van der Waals surface area contributed by atoms with E-state index in [1.54, 1.807) is 12.1 Å². The van der Waals surface area contributed by atoms with Crippen molar-refractivity contribution in [3.63, 3.8) is 0 Å². The van der Waals surface area contributed by atoms with E-state index < -0.39 is 0 Å². The predicted octanol–water partition coefficient (Wildman–Crippen LogP) is 3.74. The minimum atomic E-state index is -0.0906. The molecule has 1 saturated carbocycles. The topological polar surface area (TPSA) is 41.9 Å². The Labute approximate surface area is 140 Å². The Hall–Kier alpha value is -1.26. The molecule has 1 aliphatic heterocycles. The third-order valence-corrected chi connectivity index (χ3v) is 4.77. The van der Waals surface area contributed by atoms with Gasteiger partial charge in [-0.3, -0.25) is 4.79 Å². The number of rotatable bonds is 5. The zero-order valence-electron chi connectivity index (χ0n) is 12.4. The Bertz CT molecular complexity index is 614. The van der Waals surface area contributed by atoms with E-state index in [9.17, 15) is 4.79 Å². The van der Waals surface area contributed by atoms with Gasteiger partial charge in [0.1, 0.15) is 0 Å². The fraction of sp³-hybridized carbons (Fsp3) is 0.500. The Morgan fingerprint density at radius 3 is 2.77 bits per heavy atom. The Kier molecular flexibility index (Phi) is 4.59. The van der Waals surface area contributed by atoms with Crippen LogP contribution in [0.15, 0.2) is 23.4 Å². The molecule has 1 fully saturated rings. The molecule has 22 heavy (non-hydrogen) atoms. The van der Waals surface area contributed by atoms with Gasteiger partial charge in [-0.2, -0.15) is 0 Å². The van der Waals surface area contributed by atoms with Gasteiger partial charge in [-0.15, -0.1) is 0 Å². The van der Waals surface area contributed by atoms with Gasteiger partial charge in [0, 0.05) is 24.4 Å². The van der Waals surface area contributed by atoms with Crippen molar-refractivity contribution in [2.45, 2.75) is 32.3 Å². The number of carbonyl (C=O) groups excluding carboxylic acids is 1. The number of benzene rings is 1. The van der Waals surface area contributed by atoms with Crippen LogP contribution in [0.1, 0.15) is 31.7 Å². The average molecular weight is 341 g/mol. The lowest BCUT2D eigenvalue weighted by Gasteiger charge is -2.23. The molecule has 6 heteroatoms. The summed E-state index contributed by atoms with van der Waals surface area (Å²) < 4.78 is 0. The Morgan fingerprint density at radius 1 is 1.36 bits per heavy atom. The molecule has 3 rings (SSSR count). The van der Waals surface area contributed by atoms with E-state index in [2.05, 4.69) is 5.16 Å². The van der Waals surface area contributed by atoms with Crippen molar-refractivity contribution in [2.75, 3.05) is 13.1 Å². The van der Waals surface area contributed by atoms with Gasteiger partial charge < -0.3 is 9.74 Å². The highest BCUT2D eigenvalue weighted by Gasteiger charge is 2.35. The summed E-state index contributed by atoms with van der Waals surface area (Å²) in [5.74, 6) is 0.478. The van der Waals surface area contributed by atoms with Gasteiger partial charge in [0.15, 0.2) is 6.10 Å². The van der Waals surface area contributed by atoms with Crippen LogP contribution in [-0.4, -0.2) is 35.7 Å². The first-order valence-corrected chi connectivity index (χ1v) is 8.31. The standard InChI is InChI=1S/C16H18Cl2N2O2/c1-2-20(16(21)10-3-4-10)9-12-8-15(19-22-12)11-5-6-13(17)14(18)7-11/h5-7,10,12H,2-4,8-9H2,1H3/t12-/m1/s1. The van der Waals surface area contributed by atoms with Crippen molar-refractivity contribution in [2.24, 2.45) is 11.1 Å². The molecule has 1 heterocycles. The molecular weight excluding hydrogens is 323 g/mol. The first-order valence-electron chi connectivity index (χ1n) is 7.55. The van der Waals surface area contributed by atoms with Gasteiger partial charge >= 0.3 is 0 Å². The summed E-state index contributed by atoms with van der Waals surface area (Å²) >= 11 is 12.0. The summed E-state index contributed by atoms with van der Waals surface area (Å²) in [7, 11) is 0. The fourth-order valence-corrected chi connectivity index (χ4v) is 2.88. The van der Waals surface area contributed by atoms with E-state index in [0.29, 0.717) is 29.6 Å². The molecule has 0 radical (unpaired) electrons. The Balaban J connectivity index is 1.61. The van der Waals surface area contributed by atoms with E-state index in [0.717, 1.165) is 24.1 Å². The summed E-state index contributed by atoms with van der Waals surface area (Å²) in [6.07, 6.45) is 2.62. The summed E-state index contributed by atoms with van der Waals surface area (Å²) in [5, 5.41) is 5.17. The molecule has 0 saturated heterocycles. The molecule has 0 unspecified atom stereocenters. The molecule has 4 nitrogen and oxygen atoms in total. The second-order valence-electron chi connectivity index (χ2n) is 5.75. The number of hydrogen-bond donors (Lipinski definition) is 0. The van der Waals surface area contributed by atoms with Crippen LogP contribution >= 0.6 is 23.2 Å². The SMILES string of the molecule is CCN(C[C@H]1CC(c2ccc(Cl)c(Cl)c2)=NO1)C(=O)C1CC1. The van der Waals surface area contributed by atoms with Gasteiger partial charge in [-0.25, -0.2) is 0 Å². The summed E-state index contributed by atoms with van der Waals surface area (Å²) in [5.41, 5.74) is 1.76. The van der Waals surface area contributed by atoms with Crippen LogP contribution in [0, 0.1) is 5.92 Å². The fourth-order valence-electron chi connectivity index (χ4n) is 2.58. The first-order chi connectivity index (χ1) is 10.6. The van der Waals surface area contributed by atoms with E-state index in [1.807, 2.05) is 17.9 Å². The maximum atomic E-state index is 12.2. The molecule has 1 aliphatic carbocycles. The molecule has 2 aliphatic rings. The van der Waals surface area contributed by atoms with Crippen molar-refractivity contribution >= 4 is 34.8 Å². The zero-order chi connectivity index (χ0) is 15.7. The smallest absolute Gasteiger partial charge is 0.225 e. The molecule has 1 aromatic carbocycles. The number of oxime groups is 1. The number of nitrogens with zero attached hydrogens (tertiary/aromatic N) is 2. The lowest BCUT2D eigenvalue weighted by atomic mass is 10.0. The number of hydrogen-bond acceptors (Lipinski definition) is 3. The Morgan fingerprint density at radius 2 is 2.14 bits per heavy atom. The molecule has 1 amide bonds. The third kappa shape index (κ3) is 3.39. The number of likely N-dealkylation sites (N-methyl/N-ethyl adjacent to an activating group) is 1. The van der Waals surface area contributed by atoms with Gasteiger partial charge in [0.25, 0.3) is 0 Å². The highest BCUT2D eigenvalue weighted by Crippen LogP contribution is 2.31. The van der Waals surface area contributed by atoms with Gasteiger partial charge in [-0.05, 0) is 31.9 Å².